The molecule has 0 atom stereocenters. The highest BCUT2D eigenvalue weighted by atomic mass is 32.1. The molecule has 1 aromatic heterocycles. The van der Waals surface area contributed by atoms with Gasteiger partial charge in [-0.2, -0.15) is 0 Å². The van der Waals surface area contributed by atoms with Crippen molar-refractivity contribution in [3.63, 3.8) is 0 Å². The summed E-state index contributed by atoms with van der Waals surface area (Å²) < 4.78 is 2.57. The first-order valence-corrected chi connectivity index (χ1v) is 20.0. The van der Waals surface area contributed by atoms with Gasteiger partial charge in [-0.3, -0.25) is 0 Å². The second-order valence-corrected chi connectivity index (χ2v) is 15.5. The molecule has 56 heavy (non-hydrogen) atoms. The van der Waals surface area contributed by atoms with Crippen LogP contribution in [0, 0.1) is 0 Å². The van der Waals surface area contributed by atoms with Gasteiger partial charge < -0.3 is 4.90 Å². The maximum Gasteiger partial charge on any atom is 0.0640 e. The van der Waals surface area contributed by atoms with Gasteiger partial charge in [0.05, 0.1) is 16.1 Å². The molecule has 10 aromatic carbocycles. The van der Waals surface area contributed by atoms with Crippen LogP contribution in [-0.2, 0) is 0 Å². The number of nitrogens with zero attached hydrogens (tertiary/aromatic N) is 1. The van der Waals surface area contributed by atoms with Gasteiger partial charge in [0.25, 0.3) is 0 Å². The Morgan fingerprint density at radius 3 is 1.79 bits per heavy atom. The van der Waals surface area contributed by atoms with E-state index in [2.05, 4.69) is 217 Å². The lowest BCUT2D eigenvalue weighted by atomic mass is 9.94. The monoisotopic (exact) mass is 729 g/mol. The van der Waals surface area contributed by atoms with Crippen molar-refractivity contribution in [2.24, 2.45) is 0 Å². The minimum Gasteiger partial charge on any atom is -0.308 e. The molecule has 0 aliphatic heterocycles. The zero-order valence-electron chi connectivity index (χ0n) is 30.6. The number of fused-ring (bicyclic) bond motifs is 7. The van der Waals surface area contributed by atoms with Crippen LogP contribution in [0.4, 0.5) is 17.1 Å². The van der Waals surface area contributed by atoms with Crippen molar-refractivity contribution in [1.82, 2.24) is 0 Å². The van der Waals surface area contributed by atoms with Gasteiger partial charge in [-0.25, -0.2) is 0 Å². The minimum atomic E-state index is 1.11. The van der Waals surface area contributed by atoms with E-state index in [9.17, 15) is 0 Å². The van der Waals surface area contributed by atoms with E-state index in [1.807, 2.05) is 11.3 Å². The van der Waals surface area contributed by atoms with Gasteiger partial charge in [0.15, 0.2) is 0 Å². The van der Waals surface area contributed by atoms with E-state index in [0.717, 1.165) is 11.4 Å². The zero-order valence-corrected chi connectivity index (χ0v) is 31.4. The molecule has 0 fully saturated rings. The summed E-state index contributed by atoms with van der Waals surface area (Å²) in [4.78, 5) is 2.49. The van der Waals surface area contributed by atoms with Crippen molar-refractivity contribution in [1.29, 1.82) is 0 Å². The van der Waals surface area contributed by atoms with Crippen molar-refractivity contribution in [2.45, 2.75) is 0 Å². The molecule has 0 bridgehead atoms. The van der Waals surface area contributed by atoms with Gasteiger partial charge in [-0.05, 0) is 96.5 Å². The summed E-state index contributed by atoms with van der Waals surface area (Å²) in [6.45, 7) is 0. The third kappa shape index (κ3) is 5.46. The fourth-order valence-electron chi connectivity index (χ4n) is 8.54. The van der Waals surface area contributed by atoms with E-state index in [1.54, 1.807) is 0 Å². The summed E-state index contributed by atoms with van der Waals surface area (Å²) in [5, 5.41) is 10.2. The molecule has 0 saturated heterocycles. The Morgan fingerprint density at radius 2 is 0.929 bits per heavy atom. The van der Waals surface area contributed by atoms with Crippen LogP contribution in [-0.4, -0.2) is 0 Å². The highest BCUT2D eigenvalue weighted by Crippen LogP contribution is 2.48. The van der Waals surface area contributed by atoms with E-state index < -0.39 is 0 Å². The van der Waals surface area contributed by atoms with Crippen LogP contribution >= 0.6 is 11.3 Å². The van der Waals surface area contributed by atoms with Gasteiger partial charge >= 0.3 is 0 Å². The number of thiophene rings is 1. The Morgan fingerprint density at radius 1 is 0.304 bits per heavy atom. The average Bonchev–Trinajstić information content (AvgIpc) is 3.66. The third-order valence-electron chi connectivity index (χ3n) is 11.3. The molecule has 0 saturated carbocycles. The lowest BCUT2D eigenvalue weighted by Gasteiger charge is -2.29. The summed E-state index contributed by atoms with van der Waals surface area (Å²) in [5.74, 6) is 0. The van der Waals surface area contributed by atoms with Crippen LogP contribution in [0.15, 0.2) is 212 Å². The average molecular weight is 730 g/mol. The number of benzene rings is 10. The van der Waals surface area contributed by atoms with Crippen LogP contribution in [0.3, 0.4) is 0 Å². The highest BCUT2D eigenvalue weighted by Gasteiger charge is 2.22. The van der Waals surface area contributed by atoms with E-state index in [-0.39, 0.29) is 0 Å². The first kappa shape index (κ1) is 32.4. The van der Waals surface area contributed by atoms with Crippen LogP contribution in [0.2, 0.25) is 0 Å². The fraction of sp³-hybridized carbons (Fsp3) is 0. The molecule has 262 valence electrons. The lowest BCUT2D eigenvalue weighted by molar-refractivity contribution is 1.30. The molecule has 0 aliphatic rings. The fourth-order valence-corrected chi connectivity index (χ4v) is 9.74. The maximum atomic E-state index is 2.49. The molecule has 0 N–H and O–H groups in total. The zero-order chi connectivity index (χ0) is 37.0. The number of hydrogen-bond donors (Lipinski definition) is 0. The van der Waals surface area contributed by atoms with Crippen molar-refractivity contribution in [2.75, 3.05) is 4.90 Å². The van der Waals surface area contributed by atoms with Gasteiger partial charge in [0.2, 0.25) is 0 Å². The molecule has 0 amide bonds. The predicted octanol–water partition coefficient (Wildman–Crippen LogP) is 16.0. The summed E-state index contributed by atoms with van der Waals surface area (Å²) in [5.41, 5.74) is 10.6. The standard InChI is InChI=1S/C54H35NS/c1-2-12-38(13-3-1)48-33-29-42(46-20-10-16-37-14-4-6-17-44(37)46)35-52(48)55(51-22-11-21-50-49-19-8-9-23-53(49)56-54(50)51)43-30-26-36(27-31-43)40-28-32-47-41(34-40)25-24-39-15-5-7-18-45(39)47/h1-35H. The normalized spacial score (nSPS) is 11.6. The summed E-state index contributed by atoms with van der Waals surface area (Å²) in [6, 6.07) is 77.8. The Balaban J connectivity index is 1.13. The summed E-state index contributed by atoms with van der Waals surface area (Å²) in [6.07, 6.45) is 0. The molecule has 1 heterocycles. The third-order valence-corrected chi connectivity index (χ3v) is 12.5. The Hall–Kier alpha value is -7.00. The second-order valence-electron chi connectivity index (χ2n) is 14.5. The molecule has 0 aliphatic carbocycles. The SMILES string of the molecule is c1ccc(-c2ccc(-c3cccc4ccccc34)cc2N(c2ccc(-c3ccc4c(ccc5ccccc54)c3)cc2)c2cccc3c2sc2ccccc23)cc1. The van der Waals surface area contributed by atoms with Crippen molar-refractivity contribution < 1.29 is 0 Å². The Kier molecular flexibility index (Phi) is 7.75. The maximum absolute atomic E-state index is 2.49. The quantitative estimate of drug-likeness (QED) is 0.154. The van der Waals surface area contributed by atoms with Gasteiger partial charge in [-0.1, -0.05) is 176 Å². The second kappa shape index (κ2) is 13.4. The van der Waals surface area contributed by atoms with Crippen LogP contribution in [0.5, 0.6) is 0 Å². The van der Waals surface area contributed by atoms with E-state index in [4.69, 9.17) is 0 Å². The smallest absolute Gasteiger partial charge is 0.0640 e. The van der Waals surface area contributed by atoms with Gasteiger partial charge in [-0.15, -0.1) is 11.3 Å². The molecular formula is C54H35NS. The largest absolute Gasteiger partial charge is 0.308 e. The lowest BCUT2D eigenvalue weighted by Crippen LogP contribution is -2.11. The Labute approximate surface area is 330 Å². The molecule has 11 aromatic rings. The van der Waals surface area contributed by atoms with Crippen LogP contribution in [0.25, 0.3) is 85.9 Å². The van der Waals surface area contributed by atoms with Crippen molar-refractivity contribution >= 4 is 80.9 Å². The minimum absolute atomic E-state index is 1.11. The summed E-state index contributed by atoms with van der Waals surface area (Å²) in [7, 11) is 0. The molecule has 11 rings (SSSR count). The summed E-state index contributed by atoms with van der Waals surface area (Å²) >= 11 is 1.87. The molecular weight excluding hydrogens is 695 g/mol. The predicted molar refractivity (Wildman–Crippen MR) is 243 cm³/mol. The molecule has 2 heteroatoms. The van der Waals surface area contributed by atoms with Crippen LogP contribution in [0.1, 0.15) is 0 Å². The molecule has 1 nitrogen and oxygen atoms in total. The highest BCUT2D eigenvalue weighted by molar-refractivity contribution is 7.26. The Bertz CT molecular complexity index is 3240. The number of hydrogen-bond acceptors (Lipinski definition) is 2. The molecule has 0 spiro atoms. The number of anilines is 3. The van der Waals surface area contributed by atoms with E-state index in [1.165, 1.54) is 91.6 Å². The van der Waals surface area contributed by atoms with Gasteiger partial charge in [0, 0.05) is 26.7 Å². The molecule has 0 radical (unpaired) electrons. The van der Waals surface area contributed by atoms with E-state index >= 15 is 0 Å². The topological polar surface area (TPSA) is 3.24 Å². The van der Waals surface area contributed by atoms with Gasteiger partial charge in [0.1, 0.15) is 0 Å². The van der Waals surface area contributed by atoms with Crippen molar-refractivity contribution in [3.05, 3.63) is 212 Å². The first-order chi connectivity index (χ1) is 27.8. The van der Waals surface area contributed by atoms with E-state index in [0.29, 0.717) is 0 Å². The molecule has 0 unspecified atom stereocenters. The van der Waals surface area contributed by atoms with Crippen molar-refractivity contribution in [3.8, 4) is 33.4 Å². The van der Waals surface area contributed by atoms with Crippen LogP contribution < -0.4 is 4.90 Å². The first-order valence-electron chi connectivity index (χ1n) is 19.2. The number of rotatable bonds is 6.